The summed E-state index contributed by atoms with van der Waals surface area (Å²) in [6, 6.07) is 17.8. The fraction of sp³-hybridized carbons (Fsp3) is 0.263. The van der Waals surface area contributed by atoms with Gasteiger partial charge in [-0.15, -0.1) is 0 Å². The molecule has 3 heteroatoms. The van der Waals surface area contributed by atoms with Crippen molar-refractivity contribution < 1.29 is 9.59 Å². The first-order chi connectivity index (χ1) is 10.6. The van der Waals surface area contributed by atoms with Crippen molar-refractivity contribution in [1.29, 1.82) is 0 Å². The van der Waals surface area contributed by atoms with Gasteiger partial charge in [-0.25, -0.2) is 0 Å². The molecular formula is C19H19NO2. The Morgan fingerprint density at radius 2 is 1.64 bits per heavy atom. The molecule has 3 nitrogen and oxygen atoms in total. The van der Waals surface area contributed by atoms with Gasteiger partial charge in [0.05, 0.1) is 12.5 Å². The minimum Gasteiger partial charge on any atom is -0.278 e. The van der Waals surface area contributed by atoms with E-state index in [1.165, 1.54) is 10.5 Å². The number of nitrogens with zero attached hydrogens (tertiary/aromatic N) is 1. The van der Waals surface area contributed by atoms with E-state index in [-0.39, 0.29) is 17.7 Å². The van der Waals surface area contributed by atoms with Crippen LogP contribution in [0.5, 0.6) is 0 Å². The lowest BCUT2D eigenvalue weighted by Crippen LogP contribution is -2.30. The van der Waals surface area contributed by atoms with E-state index in [4.69, 9.17) is 0 Å². The summed E-state index contributed by atoms with van der Waals surface area (Å²) in [5, 5.41) is 0. The van der Waals surface area contributed by atoms with Gasteiger partial charge in [-0.3, -0.25) is 14.5 Å². The molecule has 1 fully saturated rings. The molecule has 0 bridgehead atoms. The van der Waals surface area contributed by atoms with E-state index >= 15 is 0 Å². The smallest absolute Gasteiger partial charge is 0.233 e. The molecule has 2 amide bonds. The van der Waals surface area contributed by atoms with Gasteiger partial charge in [0.15, 0.2) is 0 Å². The van der Waals surface area contributed by atoms with Crippen molar-refractivity contribution in [3.05, 3.63) is 71.3 Å². The Balaban J connectivity index is 1.70. The zero-order valence-electron chi connectivity index (χ0n) is 12.7. The van der Waals surface area contributed by atoms with Gasteiger partial charge < -0.3 is 0 Å². The molecule has 1 unspecified atom stereocenters. The highest BCUT2D eigenvalue weighted by atomic mass is 16.2. The van der Waals surface area contributed by atoms with Crippen LogP contribution in [-0.2, 0) is 22.6 Å². The molecule has 1 aliphatic rings. The van der Waals surface area contributed by atoms with Gasteiger partial charge >= 0.3 is 0 Å². The number of carbonyl (C=O) groups is 2. The van der Waals surface area contributed by atoms with Crippen LogP contribution in [0.15, 0.2) is 54.6 Å². The summed E-state index contributed by atoms with van der Waals surface area (Å²) < 4.78 is 0. The van der Waals surface area contributed by atoms with Crippen LogP contribution in [-0.4, -0.2) is 16.7 Å². The van der Waals surface area contributed by atoms with Crippen LogP contribution in [0.1, 0.15) is 23.1 Å². The molecule has 2 aromatic rings. The molecule has 3 rings (SSSR count). The fourth-order valence-electron chi connectivity index (χ4n) is 2.85. The van der Waals surface area contributed by atoms with Crippen molar-refractivity contribution in [1.82, 2.24) is 4.90 Å². The molecule has 0 saturated carbocycles. The van der Waals surface area contributed by atoms with Crippen LogP contribution in [0.3, 0.4) is 0 Å². The molecular weight excluding hydrogens is 274 g/mol. The normalized spacial score (nSPS) is 18.0. The average molecular weight is 293 g/mol. The third-order valence-electron chi connectivity index (χ3n) is 4.12. The first-order valence-corrected chi connectivity index (χ1v) is 7.57. The molecule has 0 spiro atoms. The van der Waals surface area contributed by atoms with Crippen LogP contribution < -0.4 is 0 Å². The fourth-order valence-corrected chi connectivity index (χ4v) is 2.85. The Kier molecular flexibility index (Phi) is 4.05. The lowest BCUT2D eigenvalue weighted by Gasteiger charge is -2.15. The maximum Gasteiger partial charge on any atom is 0.233 e. The highest BCUT2D eigenvalue weighted by Crippen LogP contribution is 2.25. The summed E-state index contributed by atoms with van der Waals surface area (Å²) in [4.78, 5) is 26.0. The monoisotopic (exact) mass is 293 g/mol. The van der Waals surface area contributed by atoms with E-state index in [2.05, 4.69) is 0 Å². The Labute approximate surface area is 130 Å². The first-order valence-electron chi connectivity index (χ1n) is 7.57. The number of benzene rings is 2. The van der Waals surface area contributed by atoms with Crippen LogP contribution in [0.2, 0.25) is 0 Å². The van der Waals surface area contributed by atoms with Gasteiger partial charge in [0.25, 0.3) is 0 Å². The zero-order valence-corrected chi connectivity index (χ0v) is 12.7. The number of likely N-dealkylation sites (tertiary alicyclic amines) is 1. The Hall–Kier alpha value is -2.42. The lowest BCUT2D eigenvalue weighted by atomic mass is 9.97. The third kappa shape index (κ3) is 3.08. The number of amides is 2. The maximum atomic E-state index is 12.5. The van der Waals surface area contributed by atoms with E-state index in [0.717, 1.165) is 11.1 Å². The average Bonchev–Trinajstić information content (AvgIpc) is 2.78. The highest BCUT2D eigenvalue weighted by molar-refractivity contribution is 6.03. The van der Waals surface area contributed by atoms with Crippen molar-refractivity contribution >= 4 is 11.8 Å². The standard InChI is InChI=1S/C19H19NO2/c1-14-7-9-15(10-8-14)11-17-12-18(21)20(19(17)22)13-16-5-3-2-4-6-16/h2-10,17H,11-13H2,1H3. The van der Waals surface area contributed by atoms with E-state index in [0.29, 0.717) is 19.4 Å². The van der Waals surface area contributed by atoms with Crippen molar-refractivity contribution in [3.63, 3.8) is 0 Å². The van der Waals surface area contributed by atoms with Crippen LogP contribution >= 0.6 is 0 Å². The Bertz CT molecular complexity index is 676. The Morgan fingerprint density at radius 3 is 2.32 bits per heavy atom. The van der Waals surface area contributed by atoms with Gasteiger partial charge in [0, 0.05) is 6.42 Å². The largest absolute Gasteiger partial charge is 0.278 e. The second-order valence-corrected chi connectivity index (χ2v) is 5.89. The molecule has 1 atom stereocenters. The van der Waals surface area contributed by atoms with Crippen molar-refractivity contribution in [3.8, 4) is 0 Å². The summed E-state index contributed by atoms with van der Waals surface area (Å²) in [7, 11) is 0. The van der Waals surface area contributed by atoms with E-state index in [1.54, 1.807) is 0 Å². The van der Waals surface area contributed by atoms with E-state index in [1.807, 2.05) is 61.5 Å². The van der Waals surface area contributed by atoms with Crippen LogP contribution in [0.4, 0.5) is 0 Å². The SMILES string of the molecule is Cc1ccc(CC2CC(=O)N(Cc3ccccc3)C2=O)cc1. The predicted molar refractivity (Wildman–Crippen MR) is 85.0 cm³/mol. The summed E-state index contributed by atoms with van der Waals surface area (Å²) in [5.74, 6) is -0.334. The molecule has 1 heterocycles. The second-order valence-electron chi connectivity index (χ2n) is 5.89. The number of hydrogen-bond acceptors (Lipinski definition) is 2. The lowest BCUT2D eigenvalue weighted by molar-refractivity contribution is -0.140. The Morgan fingerprint density at radius 1 is 0.955 bits per heavy atom. The van der Waals surface area contributed by atoms with E-state index < -0.39 is 0 Å². The number of imide groups is 1. The van der Waals surface area contributed by atoms with Crippen molar-refractivity contribution in [2.75, 3.05) is 0 Å². The van der Waals surface area contributed by atoms with Crippen molar-refractivity contribution in [2.45, 2.75) is 26.3 Å². The van der Waals surface area contributed by atoms with Gasteiger partial charge in [-0.1, -0.05) is 60.2 Å². The highest BCUT2D eigenvalue weighted by Gasteiger charge is 2.38. The number of hydrogen-bond donors (Lipinski definition) is 0. The molecule has 0 N–H and O–H groups in total. The van der Waals surface area contributed by atoms with Gasteiger partial charge in [0.2, 0.25) is 11.8 Å². The molecule has 2 aromatic carbocycles. The van der Waals surface area contributed by atoms with Gasteiger partial charge in [-0.05, 0) is 24.5 Å². The van der Waals surface area contributed by atoms with Gasteiger partial charge in [-0.2, -0.15) is 0 Å². The number of aryl methyl sites for hydroxylation is 1. The topological polar surface area (TPSA) is 37.4 Å². The zero-order chi connectivity index (χ0) is 15.5. The number of carbonyl (C=O) groups excluding carboxylic acids is 2. The third-order valence-corrected chi connectivity index (χ3v) is 4.12. The maximum absolute atomic E-state index is 12.5. The van der Waals surface area contributed by atoms with E-state index in [9.17, 15) is 9.59 Å². The summed E-state index contributed by atoms with van der Waals surface area (Å²) in [6.07, 6.45) is 0.954. The first kappa shape index (κ1) is 14.5. The van der Waals surface area contributed by atoms with Gasteiger partial charge in [0.1, 0.15) is 0 Å². The molecule has 1 saturated heterocycles. The molecule has 1 aliphatic heterocycles. The molecule has 0 radical (unpaired) electrons. The summed E-state index contributed by atoms with van der Waals surface area (Å²) >= 11 is 0. The second kappa shape index (κ2) is 6.14. The molecule has 0 aliphatic carbocycles. The molecule has 22 heavy (non-hydrogen) atoms. The summed E-state index contributed by atoms with van der Waals surface area (Å²) in [5.41, 5.74) is 3.29. The predicted octanol–water partition coefficient (Wildman–Crippen LogP) is 3.11. The minimum absolute atomic E-state index is 0.0468. The minimum atomic E-state index is -0.223. The molecule has 112 valence electrons. The number of rotatable bonds is 4. The van der Waals surface area contributed by atoms with Crippen LogP contribution in [0.25, 0.3) is 0 Å². The van der Waals surface area contributed by atoms with Crippen molar-refractivity contribution in [2.24, 2.45) is 5.92 Å². The van der Waals surface area contributed by atoms with Crippen LogP contribution in [0, 0.1) is 12.8 Å². The molecule has 0 aromatic heterocycles. The quantitative estimate of drug-likeness (QED) is 0.812. The summed E-state index contributed by atoms with van der Waals surface area (Å²) in [6.45, 7) is 2.42.